The summed E-state index contributed by atoms with van der Waals surface area (Å²) in [5.74, 6) is 1.55. The van der Waals surface area contributed by atoms with Gasteiger partial charge in [-0.3, -0.25) is 4.84 Å². The standard InChI is InChI=1S/C20H24N4O3/c25-20-23-12-16(24(20)26-13-14-4-2-1-3-5-14)6-7-19(23)18-9-17(27-22-18)8-15-10-21-11-15/h1-5,9,15-16,19,21H,6-8,10-13H2/t16-,19+/m1/s1. The van der Waals surface area contributed by atoms with E-state index in [0.717, 1.165) is 49.4 Å². The number of urea groups is 1. The number of hydrogen-bond acceptors (Lipinski definition) is 5. The molecule has 3 saturated heterocycles. The Kier molecular flexibility index (Phi) is 4.33. The van der Waals surface area contributed by atoms with Crippen LogP contribution in [-0.2, 0) is 17.9 Å². The molecule has 7 nitrogen and oxygen atoms in total. The van der Waals surface area contributed by atoms with Gasteiger partial charge in [-0.05, 0) is 37.4 Å². The van der Waals surface area contributed by atoms with E-state index in [9.17, 15) is 4.79 Å². The first-order chi connectivity index (χ1) is 13.3. The predicted octanol–water partition coefficient (Wildman–Crippen LogP) is 2.51. The second-order valence-corrected chi connectivity index (χ2v) is 7.71. The molecule has 0 radical (unpaired) electrons. The Morgan fingerprint density at radius 2 is 2.07 bits per heavy atom. The first-order valence-electron chi connectivity index (χ1n) is 9.71. The lowest BCUT2D eigenvalue weighted by molar-refractivity contribution is -0.140. The van der Waals surface area contributed by atoms with Crippen LogP contribution in [0.4, 0.5) is 4.79 Å². The molecule has 142 valence electrons. The van der Waals surface area contributed by atoms with Crippen molar-refractivity contribution in [3.63, 3.8) is 0 Å². The molecular weight excluding hydrogens is 344 g/mol. The normalized spacial score (nSPS) is 25.1. The van der Waals surface area contributed by atoms with Crippen molar-refractivity contribution in [2.45, 2.75) is 38.0 Å². The van der Waals surface area contributed by atoms with Crippen molar-refractivity contribution in [2.24, 2.45) is 5.92 Å². The van der Waals surface area contributed by atoms with Gasteiger partial charge >= 0.3 is 6.03 Å². The van der Waals surface area contributed by atoms with Crippen LogP contribution in [0.2, 0.25) is 0 Å². The Morgan fingerprint density at radius 1 is 1.22 bits per heavy atom. The van der Waals surface area contributed by atoms with E-state index in [0.29, 0.717) is 19.1 Å². The maximum Gasteiger partial charge on any atom is 0.344 e. The minimum atomic E-state index is -0.0637. The minimum absolute atomic E-state index is 0.0175. The van der Waals surface area contributed by atoms with E-state index in [1.54, 1.807) is 5.06 Å². The number of hydrogen-bond donors (Lipinski definition) is 1. The summed E-state index contributed by atoms with van der Waals surface area (Å²) in [6.45, 7) is 3.18. The van der Waals surface area contributed by atoms with E-state index in [1.807, 2.05) is 41.3 Å². The largest absolute Gasteiger partial charge is 0.361 e. The van der Waals surface area contributed by atoms with Crippen LogP contribution in [0.1, 0.15) is 35.9 Å². The molecule has 0 saturated carbocycles. The summed E-state index contributed by atoms with van der Waals surface area (Å²) in [7, 11) is 0. The molecule has 2 aromatic rings. The molecule has 1 aromatic heterocycles. The summed E-state index contributed by atoms with van der Waals surface area (Å²) in [6.07, 6.45) is 2.71. The summed E-state index contributed by atoms with van der Waals surface area (Å²) in [6, 6.07) is 12.0. The average Bonchev–Trinajstić information content (AvgIpc) is 3.22. The Balaban J connectivity index is 1.25. The fraction of sp³-hybridized carbons (Fsp3) is 0.500. The third-order valence-corrected chi connectivity index (χ3v) is 5.81. The van der Waals surface area contributed by atoms with Gasteiger partial charge in [-0.2, -0.15) is 5.06 Å². The highest BCUT2D eigenvalue weighted by Crippen LogP contribution is 2.38. The number of aromatic nitrogens is 1. The molecule has 0 aliphatic carbocycles. The molecule has 2 bridgehead atoms. The molecule has 2 amide bonds. The number of amides is 2. The van der Waals surface area contributed by atoms with Crippen LogP contribution in [0.3, 0.4) is 0 Å². The van der Waals surface area contributed by atoms with Crippen LogP contribution in [0.15, 0.2) is 40.9 Å². The van der Waals surface area contributed by atoms with Crippen molar-refractivity contribution >= 4 is 6.03 Å². The molecule has 4 heterocycles. The third kappa shape index (κ3) is 3.21. The zero-order valence-electron chi connectivity index (χ0n) is 15.2. The zero-order valence-corrected chi connectivity index (χ0v) is 15.2. The fourth-order valence-electron chi connectivity index (χ4n) is 4.18. The maximum atomic E-state index is 12.9. The first kappa shape index (κ1) is 16.8. The van der Waals surface area contributed by atoms with E-state index < -0.39 is 0 Å². The van der Waals surface area contributed by atoms with Gasteiger partial charge in [0.15, 0.2) is 0 Å². The van der Waals surface area contributed by atoms with Gasteiger partial charge in [0.2, 0.25) is 0 Å². The SMILES string of the molecule is O=C1N2C[C@@H](CC[C@H]2c2cc(CC3CNC3)on2)N1OCc1ccccc1. The topological polar surface area (TPSA) is 70.8 Å². The number of nitrogens with one attached hydrogen (secondary N) is 1. The van der Waals surface area contributed by atoms with Crippen LogP contribution in [0.25, 0.3) is 0 Å². The highest BCUT2D eigenvalue weighted by atomic mass is 16.7. The van der Waals surface area contributed by atoms with Gasteiger partial charge in [0.25, 0.3) is 0 Å². The molecule has 2 atom stereocenters. The van der Waals surface area contributed by atoms with Crippen molar-refractivity contribution in [3.8, 4) is 0 Å². The molecule has 0 unspecified atom stereocenters. The number of carbonyl (C=O) groups excluding carboxylic acids is 1. The molecule has 3 aliphatic heterocycles. The van der Waals surface area contributed by atoms with E-state index in [-0.39, 0.29) is 18.1 Å². The zero-order chi connectivity index (χ0) is 18.2. The number of hydroxylamine groups is 2. The number of fused-ring (bicyclic) bond motifs is 2. The molecule has 27 heavy (non-hydrogen) atoms. The van der Waals surface area contributed by atoms with Crippen LogP contribution in [0.5, 0.6) is 0 Å². The van der Waals surface area contributed by atoms with E-state index in [2.05, 4.69) is 10.5 Å². The molecule has 3 aliphatic rings. The van der Waals surface area contributed by atoms with Crippen molar-refractivity contribution < 1.29 is 14.2 Å². The summed E-state index contributed by atoms with van der Waals surface area (Å²) in [5, 5.41) is 9.11. The lowest BCUT2D eigenvalue weighted by Gasteiger charge is -2.28. The number of rotatable bonds is 6. The monoisotopic (exact) mass is 368 g/mol. The third-order valence-electron chi connectivity index (χ3n) is 5.81. The number of piperidine rings is 1. The number of carbonyl (C=O) groups is 1. The summed E-state index contributed by atoms with van der Waals surface area (Å²) in [5.41, 5.74) is 1.93. The molecule has 0 spiro atoms. The molecular formula is C20H24N4O3. The Bertz CT molecular complexity index is 805. The van der Waals surface area contributed by atoms with Gasteiger partial charge < -0.3 is 14.7 Å². The summed E-state index contributed by atoms with van der Waals surface area (Å²) >= 11 is 0. The van der Waals surface area contributed by atoms with Crippen molar-refractivity contribution in [1.29, 1.82) is 0 Å². The van der Waals surface area contributed by atoms with Crippen LogP contribution < -0.4 is 5.32 Å². The maximum absolute atomic E-state index is 12.9. The molecule has 7 heteroatoms. The molecule has 1 N–H and O–H groups in total. The Morgan fingerprint density at radius 3 is 2.85 bits per heavy atom. The smallest absolute Gasteiger partial charge is 0.344 e. The highest BCUT2D eigenvalue weighted by molar-refractivity contribution is 5.77. The van der Waals surface area contributed by atoms with E-state index in [4.69, 9.17) is 9.36 Å². The number of nitrogens with zero attached hydrogens (tertiary/aromatic N) is 3. The average molecular weight is 368 g/mol. The predicted molar refractivity (Wildman–Crippen MR) is 97.5 cm³/mol. The quantitative estimate of drug-likeness (QED) is 0.848. The van der Waals surface area contributed by atoms with E-state index >= 15 is 0 Å². The lowest BCUT2D eigenvalue weighted by atomic mass is 9.96. The van der Waals surface area contributed by atoms with Gasteiger partial charge in [0.1, 0.15) is 18.1 Å². The second kappa shape index (κ2) is 6.98. The number of benzene rings is 1. The van der Waals surface area contributed by atoms with Gasteiger partial charge in [-0.1, -0.05) is 35.5 Å². The van der Waals surface area contributed by atoms with Crippen molar-refractivity contribution in [3.05, 3.63) is 53.4 Å². The van der Waals surface area contributed by atoms with Crippen molar-refractivity contribution in [2.75, 3.05) is 19.6 Å². The van der Waals surface area contributed by atoms with Crippen LogP contribution in [-0.4, -0.2) is 46.8 Å². The second-order valence-electron chi connectivity index (χ2n) is 7.71. The molecule has 3 fully saturated rings. The Labute approximate surface area is 158 Å². The lowest BCUT2D eigenvalue weighted by Crippen LogP contribution is -2.42. The van der Waals surface area contributed by atoms with Crippen LogP contribution >= 0.6 is 0 Å². The van der Waals surface area contributed by atoms with Gasteiger partial charge in [0.05, 0.1) is 12.1 Å². The summed E-state index contributed by atoms with van der Waals surface area (Å²) in [4.78, 5) is 20.6. The Hall–Kier alpha value is -2.38. The van der Waals surface area contributed by atoms with Crippen LogP contribution in [0, 0.1) is 5.92 Å². The van der Waals surface area contributed by atoms with Gasteiger partial charge in [0, 0.05) is 19.0 Å². The molecule has 1 aromatic carbocycles. The minimum Gasteiger partial charge on any atom is -0.361 e. The first-order valence-corrected chi connectivity index (χ1v) is 9.71. The van der Waals surface area contributed by atoms with E-state index in [1.165, 1.54) is 0 Å². The highest BCUT2D eigenvalue weighted by Gasteiger charge is 2.47. The fourth-order valence-corrected chi connectivity index (χ4v) is 4.18. The van der Waals surface area contributed by atoms with Gasteiger partial charge in [-0.15, -0.1) is 0 Å². The summed E-state index contributed by atoms with van der Waals surface area (Å²) < 4.78 is 5.54. The van der Waals surface area contributed by atoms with Crippen molar-refractivity contribution in [1.82, 2.24) is 20.4 Å². The molecule has 5 rings (SSSR count). The van der Waals surface area contributed by atoms with Gasteiger partial charge in [-0.25, -0.2) is 4.79 Å².